The van der Waals surface area contributed by atoms with E-state index in [0.29, 0.717) is 0 Å². The molecule has 14 heteroatoms. The van der Waals surface area contributed by atoms with Crippen LogP contribution in [0.1, 0.15) is 0 Å². The van der Waals surface area contributed by atoms with Crippen LogP contribution >= 0.6 is 0 Å². The van der Waals surface area contributed by atoms with Crippen molar-refractivity contribution in [2.75, 3.05) is 0 Å². The van der Waals surface area contributed by atoms with Gasteiger partial charge in [0.2, 0.25) is 0 Å². The molecule has 0 aliphatic carbocycles. The first kappa shape index (κ1) is 160. The zero-order valence-electron chi connectivity index (χ0n) is 7.62. The van der Waals surface area contributed by atoms with Gasteiger partial charge in [-0.15, -0.1) is 0 Å². The van der Waals surface area contributed by atoms with E-state index in [4.69, 9.17) is 0 Å². The third-order valence-corrected chi connectivity index (χ3v) is 0. The molecule has 14 heavy (non-hydrogen) atoms. The summed E-state index contributed by atoms with van der Waals surface area (Å²) in [7, 11) is 0. The van der Waals surface area contributed by atoms with Crippen LogP contribution in [0.15, 0.2) is 0 Å². The monoisotopic (exact) mass is 659 g/mol. The van der Waals surface area contributed by atoms with Crippen LogP contribution in [0.25, 0.3) is 0 Å². The fourth-order valence-electron chi connectivity index (χ4n) is 0. The standard InChI is InChI=1S/8Al.6Ge. The van der Waals surface area contributed by atoms with Gasteiger partial charge < -0.3 is 0 Å². The summed E-state index contributed by atoms with van der Waals surface area (Å²) in [6.07, 6.45) is 0. The van der Waals surface area contributed by atoms with Gasteiger partial charge in [-0.1, -0.05) is 0 Å². The smallest absolute Gasteiger partial charge is 0 e. The summed E-state index contributed by atoms with van der Waals surface area (Å²) in [5, 5.41) is 0. The second-order valence-electron chi connectivity index (χ2n) is 0. The van der Waals surface area contributed by atoms with E-state index in [0.717, 1.165) is 0 Å². The average molecular weight is 652 g/mol. The van der Waals surface area contributed by atoms with Crippen LogP contribution in [-0.4, -0.2) is 244 Å². The van der Waals surface area contributed by atoms with Gasteiger partial charge in [-0.3, -0.25) is 0 Å². The SMILES string of the molecule is [Al].[Al].[Al].[Al].[Al].[Al].[Al].[Al].[Ge].[Ge].[Ge].[Ge].[Ge].[Ge]. The van der Waals surface area contributed by atoms with Crippen molar-refractivity contribution in [1.29, 1.82) is 0 Å². The van der Waals surface area contributed by atoms with Gasteiger partial charge in [0, 0.05) is 244 Å². The molecule has 0 saturated heterocycles. The van der Waals surface area contributed by atoms with Crippen LogP contribution in [-0.2, 0) is 0 Å². The summed E-state index contributed by atoms with van der Waals surface area (Å²) in [6.45, 7) is 0. The Balaban J connectivity index is 0. The van der Waals surface area contributed by atoms with Gasteiger partial charge in [0.05, 0.1) is 0 Å². The minimum atomic E-state index is 0. The molecule has 0 N–H and O–H groups in total. The molecule has 0 aromatic rings. The van der Waals surface area contributed by atoms with Crippen molar-refractivity contribution in [2.45, 2.75) is 0 Å². The van der Waals surface area contributed by atoms with Crippen molar-refractivity contribution in [3.05, 3.63) is 0 Å². The van der Waals surface area contributed by atoms with Crippen molar-refractivity contribution in [3.63, 3.8) is 0 Å². The molecule has 48 valence electrons. The molecule has 0 saturated carbocycles. The first-order chi connectivity index (χ1) is 0. The molecule has 48 radical (unpaired) electrons. The summed E-state index contributed by atoms with van der Waals surface area (Å²) in [5.41, 5.74) is 0. The summed E-state index contributed by atoms with van der Waals surface area (Å²) in [4.78, 5) is 0. The Labute approximate surface area is 239 Å². The molecule has 0 amide bonds. The van der Waals surface area contributed by atoms with E-state index in [1.807, 2.05) is 0 Å². The van der Waals surface area contributed by atoms with Gasteiger partial charge >= 0.3 is 0 Å². The predicted octanol–water partition coefficient (Wildman–Crippen LogP) is -5.33. The van der Waals surface area contributed by atoms with Gasteiger partial charge in [0.15, 0.2) is 0 Å². The quantitative estimate of drug-likeness (QED) is 0.230. The molecule has 0 aromatic carbocycles. The molecule has 0 heterocycles. The van der Waals surface area contributed by atoms with Gasteiger partial charge in [-0.25, -0.2) is 0 Å². The van der Waals surface area contributed by atoms with Gasteiger partial charge in [-0.2, -0.15) is 0 Å². The topological polar surface area (TPSA) is 0 Å². The van der Waals surface area contributed by atoms with Gasteiger partial charge in [-0.05, 0) is 0 Å². The number of rotatable bonds is 0. The van der Waals surface area contributed by atoms with E-state index in [-0.39, 0.29) is 244 Å². The Morgan fingerprint density at radius 1 is 0.143 bits per heavy atom. The molecule has 0 aliphatic heterocycles. The van der Waals surface area contributed by atoms with E-state index in [1.54, 1.807) is 0 Å². The summed E-state index contributed by atoms with van der Waals surface area (Å²) in [6, 6.07) is 0. The van der Waals surface area contributed by atoms with Crippen molar-refractivity contribution >= 4 is 244 Å². The third kappa shape index (κ3) is 118. The fraction of sp³-hybridized carbons (Fsp3) is 0. The molecule has 0 rings (SSSR count). The van der Waals surface area contributed by atoms with Crippen LogP contribution < -0.4 is 0 Å². The molecule has 0 spiro atoms. The first-order valence-corrected chi connectivity index (χ1v) is 0. The molecule has 0 aliphatic rings. The minimum absolute atomic E-state index is 0. The Morgan fingerprint density at radius 3 is 0.143 bits per heavy atom. The van der Waals surface area contributed by atoms with E-state index in [2.05, 4.69) is 0 Å². The van der Waals surface area contributed by atoms with E-state index < -0.39 is 0 Å². The van der Waals surface area contributed by atoms with Gasteiger partial charge in [0.25, 0.3) is 0 Å². The maximum absolute atomic E-state index is 0. The Kier molecular flexibility index (Phi) is 1580. The molecule has 0 atom stereocenters. The second kappa shape index (κ2) is 138. The Morgan fingerprint density at radius 2 is 0.143 bits per heavy atom. The van der Waals surface area contributed by atoms with Crippen LogP contribution in [0, 0.1) is 0 Å². The maximum atomic E-state index is 0. The first-order valence-electron chi connectivity index (χ1n) is 0. The van der Waals surface area contributed by atoms with E-state index in [1.165, 1.54) is 0 Å². The van der Waals surface area contributed by atoms with Crippen LogP contribution in [0.2, 0.25) is 0 Å². The van der Waals surface area contributed by atoms with Crippen molar-refractivity contribution in [2.24, 2.45) is 0 Å². The minimum Gasteiger partial charge on any atom is 0 e. The summed E-state index contributed by atoms with van der Waals surface area (Å²) >= 11 is 0. The van der Waals surface area contributed by atoms with Crippen LogP contribution in [0.4, 0.5) is 0 Å². The second-order valence-corrected chi connectivity index (χ2v) is 0. The number of hydrogen-bond acceptors (Lipinski definition) is 0. The van der Waals surface area contributed by atoms with Crippen molar-refractivity contribution in [1.82, 2.24) is 0 Å². The van der Waals surface area contributed by atoms with Crippen molar-refractivity contribution in [3.8, 4) is 0 Å². The van der Waals surface area contributed by atoms with E-state index >= 15 is 0 Å². The predicted molar refractivity (Wildman–Crippen MR) is 80.6 cm³/mol. The fourth-order valence-corrected chi connectivity index (χ4v) is 0. The maximum Gasteiger partial charge on any atom is 0 e. The number of hydrogen-bond donors (Lipinski definition) is 0. The molecular weight excluding hydrogens is 652 g/mol. The largest absolute Gasteiger partial charge is 0 e. The molecule has 0 fully saturated rings. The zero-order valence-corrected chi connectivity index (χ0v) is 29.4. The van der Waals surface area contributed by atoms with Gasteiger partial charge in [0.1, 0.15) is 0 Å². The molecule has 0 nitrogen and oxygen atoms in total. The van der Waals surface area contributed by atoms with Crippen LogP contribution in [0.3, 0.4) is 0 Å². The molecule has 0 aromatic heterocycles. The Hall–Kier alpha value is 7.52. The van der Waals surface area contributed by atoms with Crippen molar-refractivity contribution < 1.29 is 0 Å². The van der Waals surface area contributed by atoms with Crippen LogP contribution in [0.5, 0.6) is 0 Å². The Bertz CT molecular complexity index is 13.8. The zero-order chi connectivity index (χ0) is 0. The molecule has 0 bridgehead atoms. The molecule has 0 unspecified atom stereocenters. The molecular formula is Al8Ge6. The summed E-state index contributed by atoms with van der Waals surface area (Å²) < 4.78 is 0. The normalized spacial score (nSPS) is 0. The summed E-state index contributed by atoms with van der Waals surface area (Å²) in [5.74, 6) is 0. The average Bonchev–Trinajstić information content (AvgIpc) is 0. The third-order valence-electron chi connectivity index (χ3n) is 0. The van der Waals surface area contributed by atoms with E-state index in [9.17, 15) is 0 Å².